The lowest BCUT2D eigenvalue weighted by atomic mass is 9.75. The zero-order valence-electron chi connectivity index (χ0n) is 15.6. The molecular formula is C23H22N4. The number of nitrogens with zero attached hydrogens (tertiary/aromatic N) is 4. The van der Waals surface area contributed by atoms with Gasteiger partial charge in [0.1, 0.15) is 6.17 Å². The van der Waals surface area contributed by atoms with Crippen LogP contribution in [0, 0.1) is 10.8 Å². The van der Waals surface area contributed by atoms with Crippen LogP contribution in [0.5, 0.6) is 0 Å². The van der Waals surface area contributed by atoms with E-state index in [0.717, 1.165) is 23.7 Å². The van der Waals surface area contributed by atoms with Crippen LogP contribution in [0.15, 0.2) is 78.7 Å². The SMILES string of the molecule is C=C1C2(C)C3=CC=CCC3N3c4nccnc4N(c4ccccc4)C3C12C. The van der Waals surface area contributed by atoms with Crippen molar-refractivity contribution in [1.29, 1.82) is 0 Å². The molecule has 4 nitrogen and oxygen atoms in total. The largest absolute Gasteiger partial charge is 0.325 e. The molecule has 2 aliphatic carbocycles. The fourth-order valence-electron chi connectivity index (χ4n) is 5.81. The molecule has 2 aromatic rings. The third-order valence-corrected chi connectivity index (χ3v) is 7.44. The second-order valence-corrected chi connectivity index (χ2v) is 8.30. The first-order chi connectivity index (χ1) is 13.1. The highest BCUT2D eigenvalue weighted by molar-refractivity contribution is 5.83. The van der Waals surface area contributed by atoms with Crippen LogP contribution in [0.25, 0.3) is 0 Å². The highest BCUT2D eigenvalue weighted by Gasteiger charge is 2.78. The molecule has 1 aromatic carbocycles. The Kier molecular flexibility index (Phi) is 2.64. The molecule has 4 atom stereocenters. The van der Waals surface area contributed by atoms with Gasteiger partial charge in [-0.25, -0.2) is 9.97 Å². The van der Waals surface area contributed by atoms with Crippen molar-refractivity contribution >= 4 is 17.3 Å². The van der Waals surface area contributed by atoms with Crippen LogP contribution < -0.4 is 9.80 Å². The Morgan fingerprint density at radius 1 is 1.07 bits per heavy atom. The van der Waals surface area contributed by atoms with Gasteiger partial charge in [-0.2, -0.15) is 0 Å². The van der Waals surface area contributed by atoms with Crippen LogP contribution >= 0.6 is 0 Å². The molecule has 0 amide bonds. The lowest BCUT2D eigenvalue weighted by Crippen LogP contribution is -2.58. The third-order valence-electron chi connectivity index (χ3n) is 7.44. The predicted molar refractivity (Wildman–Crippen MR) is 108 cm³/mol. The predicted octanol–water partition coefficient (Wildman–Crippen LogP) is 4.61. The maximum Gasteiger partial charge on any atom is 0.178 e. The van der Waals surface area contributed by atoms with Gasteiger partial charge in [0.2, 0.25) is 0 Å². The van der Waals surface area contributed by atoms with E-state index in [1.807, 2.05) is 6.20 Å². The molecule has 4 heteroatoms. The second kappa shape index (κ2) is 4.69. The third kappa shape index (κ3) is 1.53. The molecule has 4 aliphatic rings. The molecule has 1 saturated heterocycles. The van der Waals surface area contributed by atoms with Crippen molar-refractivity contribution in [2.75, 3.05) is 9.80 Å². The summed E-state index contributed by atoms with van der Waals surface area (Å²) in [4.78, 5) is 14.4. The van der Waals surface area contributed by atoms with Crippen LogP contribution in [0.4, 0.5) is 17.3 Å². The summed E-state index contributed by atoms with van der Waals surface area (Å²) in [6.07, 6.45) is 11.5. The van der Waals surface area contributed by atoms with Gasteiger partial charge >= 0.3 is 0 Å². The van der Waals surface area contributed by atoms with Gasteiger partial charge in [-0.05, 0) is 24.1 Å². The number of piperidine rings is 1. The van der Waals surface area contributed by atoms with Gasteiger partial charge in [0.25, 0.3) is 0 Å². The number of rotatable bonds is 1. The van der Waals surface area contributed by atoms with Crippen LogP contribution in [0.3, 0.4) is 0 Å². The number of hydrogen-bond acceptors (Lipinski definition) is 4. The molecule has 2 fully saturated rings. The van der Waals surface area contributed by atoms with E-state index in [1.54, 1.807) is 6.20 Å². The Morgan fingerprint density at radius 3 is 2.59 bits per heavy atom. The van der Waals surface area contributed by atoms with Gasteiger partial charge in [0, 0.05) is 28.9 Å². The maximum atomic E-state index is 4.78. The fraction of sp³-hybridized carbons (Fsp3) is 0.304. The Balaban J connectivity index is 1.64. The number of aromatic nitrogens is 2. The van der Waals surface area contributed by atoms with Crippen molar-refractivity contribution in [3.05, 3.63) is 78.7 Å². The van der Waals surface area contributed by atoms with E-state index in [1.165, 1.54) is 11.1 Å². The van der Waals surface area contributed by atoms with E-state index >= 15 is 0 Å². The summed E-state index contributed by atoms with van der Waals surface area (Å²) < 4.78 is 0. The monoisotopic (exact) mass is 354 g/mol. The Labute approximate surface area is 159 Å². The molecule has 2 aliphatic heterocycles. The molecule has 0 spiro atoms. The number of hydrogen-bond donors (Lipinski definition) is 0. The van der Waals surface area contributed by atoms with E-state index in [0.29, 0.717) is 6.04 Å². The fourth-order valence-corrected chi connectivity index (χ4v) is 5.81. The number of para-hydroxylation sites is 1. The van der Waals surface area contributed by atoms with Crippen LogP contribution in [-0.2, 0) is 0 Å². The highest BCUT2D eigenvalue weighted by Crippen LogP contribution is 2.79. The maximum absolute atomic E-state index is 4.78. The average Bonchev–Trinajstić information content (AvgIpc) is 3.02. The lowest BCUT2D eigenvalue weighted by molar-refractivity contribution is 0.285. The van der Waals surface area contributed by atoms with E-state index in [9.17, 15) is 0 Å². The minimum absolute atomic E-state index is 0.0265. The summed E-state index contributed by atoms with van der Waals surface area (Å²) in [6, 6.07) is 10.9. The molecule has 0 radical (unpaired) electrons. The Morgan fingerprint density at radius 2 is 1.81 bits per heavy atom. The van der Waals surface area contributed by atoms with Crippen molar-refractivity contribution in [1.82, 2.24) is 9.97 Å². The van der Waals surface area contributed by atoms with E-state index in [4.69, 9.17) is 9.97 Å². The molecule has 1 saturated carbocycles. The Bertz CT molecular complexity index is 1040. The zero-order chi connectivity index (χ0) is 18.4. The summed E-state index contributed by atoms with van der Waals surface area (Å²) in [5.41, 5.74) is 3.94. The molecule has 1 aromatic heterocycles. The molecule has 0 bridgehead atoms. The van der Waals surface area contributed by atoms with Crippen molar-refractivity contribution < 1.29 is 0 Å². The smallest absolute Gasteiger partial charge is 0.178 e. The molecular weight excluding hydrogens is 332 g/mol. The van der Waals surface area contributed by atoms with Gasteiger partial charge in [-0.3, -0.25) is 0 Å². The van der Waals surface area contributed by atoms with Gasteiger partial charge in [-0.15, -0.1) is 0 Å². The van der Waals surface area contributed by atoms with Crippen molar-refractivity contribution in [3.63, 3.8) is 0 Å². The molecule has 27 heavy (non-hydrogen) atoms. The minimum Gasteiger partial charge on any atom is -0.325 e. The molecule has 6 rings (SSSR count). The standard InChI is InChI=1S/C23H22N4/c1-15-22(2)17-11-7-8-12-18(17)27-20-19(24-13-14-25-20)26(21(27)23(15,22)3)16-9-5-4-6-10-16/h4-11,13-14,18,21H,1,12H2,2-3H3. The summed E-state index contributed by atoms with van der Waals surface area (Å²) in [5.74, 6) is 1.94. The van der Waals surface area contributed by atoms with Gasteiger partial charge in [0.15, 0.2) is 11.6 Å². The molecule has 134 valence electrons. The zero-order valence-corrected chi connectivity index (χ0v) is 15.6. The summed E-state index contributed by atoms with van der Waals surface area (Å²) >= 11 is 0. The molecule has 3 heterocycles. The first-order valence-electron chi connectivity index (χ1n) is 9.61. The van der Waals surface area contributed by atoms with Gasteiger partial charge < -0.3 is 9.80 Å². The van der Waals surface area contributed by atoms with Crippen LogP contribution in [0.2, 0.25) is 0 Å². The number of benzene rings is 1. The first-order valence-corrected chi connectivity index (χ1v) is 9.61. The van der Waals surface area contributed by atoms with E-state index < -0.39 is 0 Å². The average molecular weight is 354 g/mol. The molecule has 0 N–H and O–H groups in total. The van der Waals surface area contributed by atoms with Gasteiger partial charge in [-0.1, -0.05) is 62.4 Å². The highest BCUT2D eigenvalue weighted by atomic mass is 15.5. The number of anilines is 3. The van der Waals surface area contributed by atoms with Crippen molar-refractivity contribution in [2.45, 2.75) is 32.5 Å². The van der Waals surface area contributed by atoms with Crippen molar-refractivity contribution in [2.24, 2.45) is 10.8 Å². The van der Waals surface area contributed by atoms with Gasteiger partial charge in [0.05, 0.1) is 6.04 Å². The second-order valence-electron chi connectivity index (χ2n) is 8.30. The Hall–Kier alpha value is -2.88. The van der Waals surface area contributed by atoms with Crippen LogP contribution in [0.1, 0.15) is 20.3 Å². The minimum atomic E-state index is -0.0429. The quantitative estimate of drug-likeness (QED) is 0.700. The lowest BCUT2D eigenvalue weighted by Gasteiger charge is -2.48. The van der Waals surface area contributed by atoms with E-state index in [-0.39, 0.29) is 17.0 Å². The van der Waals surface area contributed by atoms with Crippen LogP contribution in [-0.4, -0.2) is 22.2 Å². The first kappa shape index (κ1) is 15.2. The molecule has 4 unspecified atom stereocenters. The summed E-state index contributed by atoms with van der Waals surface area (Å²) in [5, 5.41) is 0. The summed E-state index contributed by atoms with van der Waals surface area (Å²) in [6.45, 7) is 9.28. The van der Waals surface area contributed by atoms with E-state index in [2.05, 4.69) is 78.8 Å². The van der Waals surface area contributed by atoms with Crippen molar-refractivity contribution in [3.8, 4) is 0 Å². The normalized spacial score (nSPS) is 35.2. The topological polar surface area (TPSA) is 32.3 Å². The number of fused-ring (bicyclic) bond motifs is 8. The number of allylic oxidation sites excluding steroid dienone is 2. The summed E-state index contributed by atoms with van der Waals surface area (Å²) in [7, 11) is 0.